The van der Waals surface area contributed by atoms with Crippen LogP contribution in [-0.2, 0) is 4.79 Å². The Balaban J connectivity index is 1.78. The van der Waals surface area contributed by atoms with E-state index in [2.05, 4.69) is 5.32 Å². The number of halogens is 1. The van der Waals surface area contributed by atoms with Crippen LogP contribution < -0.4 is 14.8 Å². The summed E-state index contributed by atoms with van der Waals surface area (Å²) in [6.45, 7) is 6.29. The number of aryl methyl sites for hydroxylation is 1. The number of hydrogen-bond acceptors (Lipinski definition) is 4. The quantitative estimate of drug-likeness (QED) is 0.281. The number of benzene rings is 3. The monoisotopic (exact) mass is 475 g/mol. The maximum Gasteiger partial charge on any atom is 0.248 e. The average Bonchev–Trinajstić information content (AvgIpc) is 3.26. The molecular formula is C28H26ClNO4. The molecule has 1 aromatic heterocycles. The van der Waals surface area contributed by atoms with Gasteiger partial charge in [0, 0.05) is 38.9 Å². The summed E-state index contributed by atoms with van der Waals surface area (Å²) in [5, 5.41) is 4.42. The number of allylic oxidation sites excluding steroid dienone is 1. The number of ether oxygens (including phenoxy) is 2. The van der Waals surface area contributed by atoms with Crippen LogP contribution in [0.3, 0.4) is 0 Å². The number of amides is 1. The Bertz CT molecular complexity index is 1370. The van der Waals surface area contributed by atoms with Crippen molar-refractivity contribution < 1.29 is 18.7 Å². The van der Waals surface area contributed by atoms with E-state index < -0.39 is 0 Å². The summed E-state index contributed by atoms with van der Waals surface area (Å²) in [6, 6.07) is 16.8. The van der Waals surface area contributed by atoms with E-state index in [1.807, 2.05) is 51.1 Å². The van der Waals surface area contributed by atoms with Gasteiger partial charge in [-0.3, -0.25) is 4.79 Å². The van der Waals surface area contributed by atoms with E-state index in [-0.39, 0.29) is 5.91 Å². The van der Waals surface area contributed by atoms with Gasteiger partial charge in [-0.15, -0.1) is 0 Å². The summed E-state index contributed by atoms with van der Waals surface area (Å²) >= 11 is 5.93. The smallest absolute Gasteiger partial charge is 0.248 e. The maximum absolute atomic E-state index is 12.7. The van der Waals surface area contributed by atoms with Crippen LogP contribution in [-0.4, -0.2) is 19.6 Å². The molecular weight excluding hydrogens is 450 g/mol. The second-order valence-electron chi connectivity index (χ2n) is 7.89. The predicted octanol–water partition coefficient (Wildman–Crippen LogP) is 7.51. The maximum atomic E-state index is 12.7. The molecule has 5 nitrogen and oxygen atoms in total. The topological polar surface area (TPSA) is 60.7 Å². The van der Waals surface area contributed by atoms with Gasteiger partial charge in [0.15, 0.2) is 0 Å². The lowest BCUT2D eigenvalue weighted by Gasteiger charge is -2.15. The van der Waals surface area contributed by atoms with Gasteiger partial charge in [-0.25, -0.2) is 0 Å². The van der Waals surface area contributed by atoms with Crippen LogP contribution >= 0.6 is 11.6 Å². The molecule has 0 aliphatic rings. The molecule has 0 unspecified atom stereocenters. The molecule has 1 heterocycles. The van der Waals surface area contributed by atoms with Gasteiger partial charge in [-0.2, -0.15) is 0 Å². The molecule has 1 N–H and O–H groups in total. The minimum atomic E-state index is -0.236. The lowest BCUT2D eigenvalue weighted by molar-refractivity contribution is -0.111. The third-order valence-electron chi connectivity index (χ3n) is 5.60. The molecule has 0 radical (unpaired) electrons. The molecule has 6 heteroatoms. The van der Waals surface area contributed by atoms with Crippen molar-refractivity contribution in [2.45, 2.75) is 20.8 Å². The number of methoxy groups -OCH3 is 1. The highest BCUT2D eigenvalue weighted by Gasteiger charge is 2.19. The molecule has 4 aromatic rings. The van der Waals surface area contributed by atoms with Crippen molar-refractivity contribution >= 4 is 39.7 Å². The van der Waals surface area contributed by atoms with Crippen LogP contribution in [0.25, 0.3) is 27.7 Å². The van der Waals surface area contributed by atoms with Gasteiger partial charge >= 0.3 is 0 Å². The standard InChI is InChI=1S/C28H26ClNO4/c1-5-33-27-18(3)28-24(25(16-34-28)19-7-6-8-22(14-19)32-4)15-23(27)17(2)13-26(31)30-21-11-9-20(29)10-12-21/h6-16H,5H2,1-4H3,(H,30,31)/b17-13+. The van der Waals surface area contributed by atoms with Crippen LogP contribution in [0.5, 0.6) is 11.5 Å². The molecule has 0 bridgehead atoms. The molecule has 0 fully saturated rings. The summed E-state index contributed by atoms with van der Waals surface area (Å²) in [6.07, 6.45) is 3.32. The molecule has 174 valence electrons. The highest BCUT2D eigenvalue weighted by atomic mass is 35.5. The van der Waals surface area contributed by atoms with E-state index in [9.17, 15) is 4.79 Å². The van der Waals surface area contributed by atoms with E-state index in [1.54, 1.807) is 43.7 Å². The number of hydrogen-bond donors (Lipinski definition) is 1. The van der Waals surface area contributed by atoms with Gasteiger partial charge in [0.25, 0.3) is 0 Å². The number of anilines is 1. The second-order valence-corrected chi connectivity index (χ2v) is 8.33. The fraction of sp³-hybridized carbons (Fsp3) is 0.179. The number of furan rings is 1. The molecule has 4 rings (SSSR count). The summed E-state index contributed by atoms with van der Waals surface area (Å²) < 4.78 is 17.4. The largest absolute Gasteiger partial charge is 0.497 e. The van der Waals surface area contributed by atoms with Crippen molar-refractivity contribution in [3.63, 3.8) is 0 Å². The normalized spacial score (nSPS) is 11.5. The van der Waals surface area contributed by atoms with E-state index in [0.717, 1.165) is 44.5 Å². The number of fused-ring (bicyclic) bond motifs is 1. The first kappa shape index (κ1) is 23.5. The highest BCUT2D eigenvalue weighted by molar-refractivity contribution is 6.30. The Morgan fingerprint density at radius 3 is 2.62 bits per heavy atom. The SMILES string of the molecule is CCOc1c(/C(C)=C/C(=O)Nc2ccc(Cl)cc2)cc2c(-c3cccc(OC)c3)coc2c1C. The van der Waals surface area contributed by atoms with Crippen LogP contribution in [0.2, 0.25) is 5.02 Å². The number of rotatable bonds is 7. The molecule has 1 amide bonds. The van der Waals surface area contributed by atoms with E-state index in [4.69, 9.17) is 25.5 Å². The van der Waals surface area contributed by atoms with Gasteiger partial charge in [-0.05, 0) is 74.4 Å². The zero-order chi connectivity index (χ0) is 24.2. The summed E-state index contributed by atoms with van der Waals surface area (Å²) in [5.41, 5.74) is 5.85. The van der Waals surface area contributed by atoms with E-state index in [1.165, 1.54) is 0 Å². The van der Waals surface area contributed by atoms with Crippen molar-refractivity contribution in [1.29, 1.82) is 0 Å². The first-order valence-electron chi connectivity index (χ1n) is 11.0. The number of carbonyl (C=O) groups excluding carboxylic acids is 1. The van der Waals surface area contributed by atoms with Gasteiger partial charge in [-0.1, -0.05) is 23.7 Å². The fourth-order valence-corrected chi connectivity index (χ4v) is 4.07. The predicted molar refractivity (Wildman–Crippen MR) is 138 cm³/mol. The summed E-state index contributed by atoms with van der Waals surface area (Å²) in [5.74, 6) is 1.24. The van der Waals surface area contributed by atoms with Crippen molar-refractivity contribution in [2.24, 2.45) is 0 Å². The third-order valence-corrected chi connectivity index (χ3v) is 5.85. The lowest BCUT2D eigenvalue weighted by atomic mass is 9.96. The first-order chi connectivity index (χ1) is 16.4. The molecule has 0 saturated carbocycles. The average molecular weight is 476 g/mol. The van der Waals surface area contributed by atoms with E-state index in [0.29, 0.717) is 23.1 Å². The molecule has 0 saturated heterocycles. The first-order valence-corrected chi connectivity index (χ1v) is 11.4. The molecule has 0 aliphatic heterocycles. The third kappa shape index (κ3) is 4.80. The fourth-order valence-electron chi connectivity index (χ4n) is 3.94. The molecule has 0 spiro atoms. The van der Waals surface area contributed by atoms with Crippen molar-refractivity contribution in [1.82, 2.24) is 0 Å². The minimum absolute atomic E-state index is 0.236. The van der Waals surface area contributed by atoms with Crippen molar-refractivity contribution in [2.75, 3.05) is 19.0 Å². The van der Waals surface area contributed by atoms with Crippen LogP contribution in [0.15, 0.2) is 71.4 Å². The van der Waals surface area contributed by atoms with Crippen LogP contribution in [0.4, 0.5) is 5.69 Å². The Kier molecular flexibility index (Phi) is 6.94. The van der Waals surface area contributed by atoms with Gasteiger partial charge in [0.05, 0.1) is 20.0 Å². The minimum Gasteiger partial charge on any atom is -0.497 e. The highest BCUT2D eigenvalue weighted by Crippen LogP contribution is 2.41. The van der Waals surface area contributed by atoms with Gasteiger partial charge < -0.3 is 19.2 Å². The van der Waals surface area contributed by atoms with Crippen molar-refractivity contribution in [3.8, 4) is 22.6 Å². The number of nitrogens with one attached hydrogen (secondary N) is 1. The Morgan fingerprint density at radius 2 is 1.91 bits per heavy atom. The molecule has 34 heavy (non-hydrogen) atoms. The molecule has 0 atom stereocenters. The van der Waals surface area contributed by atoms with Gasteiger partial charge in [0.2, 0.25) is 5.91 Å². The Morgan fingerprint density at radius 1 is 1.15 bits per heavy atom. The van der Waals surface area contributed by atoms with E-state index >= 15 is 0 Å². The van der Waals surface area contributed by atoms with Gasteiger partial charge in [0.1, 0.15) is 17.1 Å². The molecule has 0 aliphatic carbocycles. The zero-order valence-electron chi connectivity index (χ0n) is 19.6. The molecule has 3 aromatic carbocycles. The second kappa shape index (κ2) is 10.1. The Labute approximate surface area is 203 Å². The number of carbonyl (C=O) groups is 1. The summed E-state index contributed by atoms with van der Waals surface area (Å²) in [7, 11) is 1.65. The van der Waals surface area contributed by atoms with Crippen LogP contribution in [0.1, 0.15) is 25.0 Å². The van der Waals surface area contributed by atoms with Crippen LogP contribution in [0, 0.1) is 6.92 Å². The van der Waals surface area contributed by atoms with Crippen molar-refractivity contribution in [3.05, 3.63) is 83.1 Å². The Hall–Kier alpha value is -3.70. The zero-order valence-corrected chi connectivity index (χ0v) is 20.3. The lowest BCUT2D eigenvalue weighted by Crippen LogP contribution is -2.08. The summed E-state index contributed by atoms with van der Waals surface area (Å²) in [4.78, 5) is 12.7.